The van der Waals surface area contributed by atoms with Gasteiger partial charge in [-0.1, -0.05) is 46.9 Å². The first-order chi connectivity index (χ1) is 15.4. The Morgan fingerprint density at radius 3 is 2.38 bits per heavy atom. The molecule has 0 aliphatic carbocycles. The van der Waals surface area contributed by atoms with E-state index in [4.69, 9.17) is 39.5 Å². The van der Waals surface area contributed by atoms with E-state index >= 15 is 0 Å². The second-order valence-electron chi connectivity index (χ2n) is 6.47. The Bertz CT molecular complexity index is 1330. The quantitative estimate of drug-likeness (QED) is 0.350. The van der Waals surface area contributed by atoms with E-state index in [1.54, 1.807) is 36.4 Å². The summed E-state index contributed by atoms with van der Waals surface area (Å²) < 4.78 is 5.86. The summed E-state index contributed by atoms with van der Waals surface area (Å²) >= 11 is 18.8. The van der Waals surface area contributed by atoms with Gasteiger partial charge < -0.3 is 10.1 Å². The van der Waals surface area contributed by atoms with Gasteiger partial charge in [0.05, 0.1) is 10.0 Å². The third kappa shape index (κ3) is 4.91. The van der Waals surface area contributed by atoms with Gasteiger partial charge in [-0.25, -0.2) is 14.8 Å². The molecule has 2 N–H and O–H groups in total. The third-order valence-corrected chi connectivity index (χ3v) is 5.21. The molecule has 3 amide bonds. The normalized spacial score (nSPS) is 10.6. The summed E-state index contributed by atoms with van der Waals surface area (Å²) in [6.45, 7) is 0. The van der Waals surface area contributed by atoms with Crippen LogP contribution < -0.4 is 15.4 Å². The number of nitrogens with one attached hydrogen (secondary N) is 2. The zero-order valence-electron chi connectivity index (χ0n) is 16.1. The Morgan fingerprint density at radius 1 is 0.875 bits per heavy atom. The summed E-state index contributed by atoms with van der Waals surface area (Å²) in [6, 6.07) is 14.3. The number of carbonyl (C=O) groups excluding carboxylic acids is 2. The van der Waals surface area contributed by atoms with E-state index < -0.39 is 11.9 Å². The summed E-state index contributed by atoms with van der Waals surface area (Å²) in [6.07, 6.45) is 2.80. The van der Waals surface area contributed by atoms with E-state index in [1.807, 2.05) is 12.1 Å². The molecule has 3 aromatic carbocycles. The summed E-state index contributed by atoms with van der Waals surface area (Å²) in [7, 11) is 0. The molecule has 7 nitrogen and oxygen atoms in total. The number of benzene rings is 3. The topological polar surface area (TPSA) is 93.2 Å². The van der Waals surface area contributed by atoms with Gasteiger partial charge in [0.1, 0.15) is 11.5 Å². The number of hydrogen-bond donors (Lipinski definition) is 2. The van der Waals surface area contributed by atoms with Crippen LogP contribution in [0.1, 0.15) is 10.6 Å². The molecule has 0 saturated heterocycles. The molecule has 0 unspecified atom stereocenters. The number of aromatic nitrogens is 2. The Balaban J connectivity index is 1.46. The number of amides is 3. The number of carbonyl (C=O) groups is 2. The maximum Gasteiger partial charge on any atom is 0.326 e. The Hall–Kier alpha value is -3.39. The average molecular weight is 488 g/mol. The van der Waals surface area contributed by atoms with Crippen molar-refractivity contribution in [3.8, 4) is 11.5 Å². The van der Waals surface area contributed by atoms with Crippen LogP contribution in [0.4, 0.5) is 10.5 Å². The van der Waals surface area contributed by atoms with Crippen molar-refractivity contribution in [2.24, 2.45) is 0 Å². The molecule has 0 saturated carbocycles. The number of rotatable bonds is 4. The largest absolute Gasteiger partial charge is 0.454 e. The van der Waals surface area contributed by atoms with Crippen LogP contribution in [0, 0.1) is 0 Å². The first-order valence-electron chi connectivity index (χ1n) is 9.15. The van der Waals surface area contributed by atoms with Crippen LogP contribution >= 0.6 is 34.8 Å². The summed E-state index contributed by atoms with van der Waals surface area (Å²) in [5.74, 6) is -0.114. The van der Waals surface area contributed by atoms with E-state index in [2.05, 4.69) is 20.6 Å². The fourth-order valence-corrected chi connectivity index (χ4v) is 3.51. The first kappa shape index (κ1) is 21.8. The Morgan fingerprint density at radius 2 is 1.62 bits per heavy atom. The molecule has 0 fully saturated rings. The predicted octanol–water partition coefficient (Wildman–Crippen LogP) is 6.34. The molecule has 0 spiro atoms. The lowest BCUT2D eigenvalue weighted by Gasteiger charge is -2.12. The summed E-state index contributed by atoms with van der Waals surface area (Å²) in [4.78, 5) is 31.6. The second-order valence-corrected chi connectivity index (χ2v) is 7.69. The van der Waals surface area contributed by atoms with Crippen LogP contribution in [-0.4, -0.2) is 21.9 Å². The predicted molar refractivity (Wildman–Crippen MR) is 124 cm³/mol. The molecule has 4 aromatic rings. The lowest BCUT2D eigenvalue weighted by atomic mass is 10.1. The summed E-state index contributed by atoms with van der Waals surface area (Å²) in [5.41, 5.74) is 0.348. The molecule has 0 radical (unpaired) electrons. The fraction of sp³-hybridized carbons (Fsp3) is 0. The molecule has 0 atom stereocenters. The molecule has 1 heterocycles. The van der Waals surface area contributed by atoms with Crippen molar-refractivity contribution in [2.75, 3.05) is 5.32 Å². The van der Waals surface area contributed by atoms with Gasteiger partial charge in [0.25, 0.3) is 5.91 Å². The molecule has 0 aliphatic heterocycles. The van der Waals surface area contributed by atoms with E-state index in [-0.39, 0.29) is 10.8 Å². The van der Waals surface area contributed by atoms with Crippen LogP contribution in [-0.2, 0) is 0 Å². The zero-order valence-corrected chi connectivity index (χ0v) is 18.4. The van der Waals surface area contributed by atoms with Crippen molar-refractivity contribution in [1.29, 1.82) is 0 Å². The molecule has 10 heteroatoms. The maximum absolute atomic E-state index is 12.1. The highest BCUT2D eigenvalue weighted by Crippen LogP contribution is 2.39. The molecule has 32 heavy (non-hydrogen) atoms. The van der Waals surface area contributed by atoms with E-state index in [0.29, 0.717) is 27.2 Å². The van der Waals surface area contributed by atoms with Crippen LogP contribution in [0.15, 0.2) is 67.0 Å². The molecule has 4 rings (SSSR count). The van der Waals surface area contributed by atoms with Crippen LogP contribution in [0.25, 0.3) is 10.8 Å². The van der Waals surface area contributed by atoms with Gasteiger partial charge >= 0.3 is 6.03 Å². The minimum absolute atomic E-state index is 0.126. The highest BCUT2D eigenvalue weighted by atomic mass is 35.5. The minimum Gasteiger partial charge on any atom is -0.454 e. The number of hydrogen-bond acceptors (Lipinski definition) is 5. The maximum atomic E-state index is 12.1. The monoisotopic (exact) mass is 486 g/mol. The standard InChI is InChI=1S/C22H13Cl3N4O3/c23-13-3-5-15-12(10-13)2-6-18(19(15)25)32-17-7-4-14(11-16(17)24)28-22(31)29-21(30)20-26-8-1-9-27-20/h1-11H,(H2,28,29,30,31). The minimum atomic E-state index is -0.761. The van der Waals surface area contributed by atoms with E-state index in [1.165, 1.54) is 18.5 Å². The number of halogens is 3. The number of urea groups is 1. The highest BCUT2D eigenvalue weighted by Gasteiger charge is 2.14. The van der Waals surface area contributed by atoms with Crippen molar-refractivity contribution in [2.45, 2.75) is 0 Å². The van der Waals surface area contributed by atoms with Crippen LogP contribution in [0.3, 0.4) is 0 Å². The average Bonchev–Trinajstić information content (AvgIpc) is 2.77. The van der Waals surface area contributed by atoms with Gasteiger partial charge in [0.15, 0.2) is 0 Å². The molecule has 1 aromatic heterocycles. The molecular weight excluding hydrogens is 475 g/mol. The zero-order chi connectivity index (χ0) is 22.7. The van der Waals surface area contributed by atoms with Crippen molar-refractivity contribution in [1.82, 2.24) is 15.3 Å². The Kier molecular flexibility index (Phi) is 6.41. The van der Waals surface area contributed by atoms with E-state index in [9.17, 15) is 9.59 Å². The van der Waals surface area contributed by atoms with Crippen molar-refractivity contribution in [3.63, 3.8) is 0 Å². The lowest BCUT2D eigenvalue weighted by molar-refractivity contribution is 0.0957. The SMILES string of the molecule is O=C(NC(=O)c1ncccn1)Nc1ccc(Oc2ccc3cc(Cl)ccc3c2Cl)c(Cl)c1. The Labute approximate surface area is 197 Å². The van der Waals surface area contributed by atoms with Crippen molar-refractivity contribution < 1.29 is 14.3 Å². The van der Waals surface area contributed by atoms with Gasteiger partial charge in [0, 0.05) is 28.5 Å². The van der Waals surface area contributed by atoms with Gasteiger partial charge in [-0.3, -0.25) is 10.1 Å². The number of nitrogens with zero attached hydrogens (tertiary/aromatic N) is 2. The molecule has 160 valence electrons. The van der Waals surface area contributed by atoms with Gasteiger partial charge in [-0.15, -0.1) is 0 Å². The highest BCUT2D eigenvalue weighted by molar-refractivity contribution is 6.38. The first-order valence-corrected chi connectivity index (χ1v) is 10.3. The smallest absolute Gasteiger partial charge is 0.326 e. The lowest BCUT2D eigenvalue weighted by Crippen LogP contribution is -2.35. The van der Waals surface area contributed by atoms with Gasteiger partial charge in [-0.05, 0) is 47.9 Å². The van der Waals surface area contributed by atoms with Crippen molar-refractivity contribution in [3.05, 3.63) is 87.9 Å². The molecule has 0 bridgehead atoms. The fourth-order valence-electron chi connectivity index (χ4n) is 2.84. The number of imide groups is 1. The number of fused-ring (bicyclic) bond motifs is 1. The number of anilines is 1. The summed E-state index contributed by atoms with van der Waals surface area (Å²) in [5, 5.41) is 7.55. The second kappa shape index (κ2) is 9.40. The van der Waals surface area contributed by atoms with Crippen molar-refractivity contribution >= 4 is 63.2 Å². The van der Waals surface area contributed by atoms with E-state index in [0.717, 1.165) is 10.8 Å². The van der Waals surface area contributed by atoms with Gasteiger partial charge in [0.2, 0.25) is 5.82 Å². The molecule has 0 aliphatic rings. The van der Waals surface area contributed by atoms with Gasteiger partial charge in [-0.2, -0.15) is 0 Å². The molecular formula is C22H13Cl3N4O3. The van der Waals surface area contributed by atoms with Crippen LogP contribution in [0.2, 0.25) is 15.1 Å². The third-order valence-electron chi connectivity index (χ3n) is 4.29. The number of ether oxygens (including phenoxy) is 1. The van der Waals surface area contributed by atoms with Crippen LogP contribution in [0.5, 0.6) is 11.5 Å².